The van der Waals surface area contributed by atoms with Gasteiger partial charge in [0.2, 0.25) is 0 Å². The summed E-state index contributed by atoms with van der Waals surface area (Å²) in [6.07, 6.45) is 2.21. The molecule has 196 valence electrons. The number of aromatic nitrogens is 2. The van der Waals surface area contributed by atoms with E-state index < -0.39 is 11.9 Å². The van der Waals surface area contributed by atoms with Crippen LogP contribution in [0.5, 0.6) is 5.75 Å². The third-order valence-corrected chi connectivity index (χ3v) is 6.21. The number of nitrogens with zero attached hydrogens (tertiary/aromatic N) is 3. The van der Waals surface area contributed by atoms with Crippen LogP contribution in [0.15, 0.2) is 90.2 Å². The van der Waals surface area contributed by atoms with E-state index in [1.807, 2.05) is 72.4 Å². The van der Waals surface area contributed by atoms with Crippen molar-refractivity contribution >= 4 is 11.7 Å². The van der Waals surface area contributed by atoms with Crippen molar-refractivity contribution in [2.24, 2.45) is 11.1 Å². The molecule has 0 fully saturated rings. The van der Waals surface area contributed by atoms with E-state index in [9.17, 15) is 9.18 Å². The Bertz CT molecular complexity index is 1370. The van der Waals surface area contributed by atoms with E-state index in [4.69, 9.17) is 14.3 Å². The average Bonchev–Trinajstić information content (AvgIpc) is 3.32. The summed E-state index contributed by atoms with van der Waals surface area (Å²) in [5.74, 6) is -0.609. The van der Waals surface area contributed by atoms with Crippen molar-refractivity contribution in [3.05, 3.63) is 113 Å². The number of carbonyl (C=O) groups excluding carboxylic acids is 1. The second-order valence-corrected chi connectivity index (χ2v) is 8.85. The third-order valence-electron chi connectivity index (χ3n) is 6.21. The summed E-state index contributed by atoms with van der Waals surface area (Å²) in [4.78, 5) is 17.9. The lowest BCUT2D eigenvalue weighted by Crippen LogP contribution is -2.26. The predicted octanol–water partition coefficient (Wildman–Crippen LogP) is 5.82. The summed E-state index contributed by atoms with van der Waals surface area (Å²) in [7, 11) is 1.35. The molecule has 0 N–H and O–H groups in total. The van der Waals surface area contributed by atoms with Crippen LogP contribution in [0.4, 0.5) is 4.39 Å². The Morgan fingerprint density at radius 1 is 0.974 bits per heavy atom. The maximum absolute atomic E-state index is 13.1. The van der Waals surface area contributed by atoms with Gasteiger partial charge in [-0.1, -0.05) is 47.6 Å². The molecule has 1 atom stereocenters. The van der Waals surface area contributed by atoms with Crippen molar-refractivity contribution in [3.63, 3.8) is 0 Å². The molecule has 0 spiro atoms. The van der Waals surface area contributed by atoms with E-state index in [0.717, 1.165) is 28.1 Å². The van der Waals surface area contributed by atoms with Crippen LogP contribution in [-0.4, -0.2) is 28.6 Å². The first kappa shape index (κ1) is 26.6. The number of methoxy groups -OCH3 is 1. The molecule has 1 heterocycles. The highest BCUT2D eigenvalue weighted by Gasteiger charge is 2.24. The van der Waals surface area contributed by atoms with Crippen LogP contribution in [0.3, 0.4) is 0 Å². The molecule has 0 saturated heterocycles. The molecule has 0 amide bonds. The van der Waals surface area contributed by atoms with Gasteiger partial charge in [0.05, 0.1) is 24.7 Å². The first-order valence-corrected chi connectivity index (χ1v) is 12.2. The third kappa shape index (κ3) is 6.85. The minimum Gasteiger partial charge on any atom is -0.489 e. The van der Waals surface area contributed by atoms with Gasteiger partial charge < -0.3 is 14.3 Å². The fraction of sp³-hybridized carbons (Fsp3) is 0.233. The maximum atomic E-state index is 13.1. The predicted molar refractivity (Wildman–Crippen MR) is 143 cm³/mol. The Kier molecular flexibility index (Phi) is 8.87. The van der Waals surface area contributed by atoms with E-state index in [2.05, 4.69) is 10.3 Å². The Morgan fingerprint density at radius 2 is 1.66 bits per heavy atom. The number of esters is 1. The van der Waals surface area contributed by atoms with Gasteiger partial charge in [-0.3, -0.25) is 4.79 Å². The lowest BCUT2D eigenvalue weighted by molar-refractivity contribution is -0.143. The molecule has 4 aromatic rings. The zero-order valence-corrected chi connectivity index (χ0v) is 21.6. The number of hydrogen-bond acceptors (Lipinski definition) is 6. The number of carbonyl (C=O) groups is 1. The summed E-state index contributed by atoms with van der Waals surface area (Å²) < 4.78 is 25.9. The quantitative estimate of drug-likeness (QED) is 0.143. The highest BCUT2D eigenvalue weighted by atomic mass is 19.1. The van der Waals surface area contributed by atoms with Crippen LogP contribution in [0.1, 0.15) is 29.3 Å². The van der Waals surface area contributed by atoms with Crippen molar-refractivity contribution in [2.45, 2.75) is 33.5 Å². The van der Waals surface area contributed by atoms with Crippen molar-refractivity contribution < 1.29 is 23.5 Å². The van der Waals surface area contributed by atoms with Crippen molar-refractivity contribution in [1.82, 2.24) is 9.78 Å². The molecule has 0 radical (unpaired) electrons. The molecule has 1 aromatic heterocycles. The number of oxime groups is 1. The molecule has 0 aliphatic heterocycles. The van der Waals surface area contributed by atoms with Crippen molar-refractivity contribution in [2.75, 3.05) is 7.11 Å². The number of para-hydroxylation sites is 1. The Morgan fingerprint density at radius 3 is 2.34 bits per heavy atom. The molecule has 7 nitrogen and oxygen atoms in total. The molecule has 0 aliphatic rings. The highest BCUT2D eigenvalue weighted by Crippen LogP contribution is 2.20. The topological polar surface area (TPSA) is 74.9 Å². The molecular weight excluding hydrogens is 485 g/mol. The molecule has 0 saturated carbocycles. The second kappa shape index (κ2) is 12.7. The van der Waals surface area contributed by atoms with E-state index in [1.165, 1.54) is 19.2 Å². The van der Waals surface area contributed by atoms with Gasteiger partial charge in [0.15, 0.2) is 0 Å². The molecule has 1 unspecified atom stereocenters. The van der Waals surface area contributed by atoms with Crippen LogP contribution in [-0.2, 0) is 34.0 Å². The van der Waals surface area contributed by atoms with Gasteiger partial charge in [-0.2, -0.15) is 5.10 Å². The summed E-state index contributed by atoms with van der Waals surface area (Å²) in [6.45, 7) is 4.30. The molecule has 0 bridgehead atoms. The fourth-order valence-corrected chi connectivity index (χ4v) is 3.93. The minimum absolute atomic E-state index is 0.168. The van der Waals surface area contributed by atoms with E-state index >= 15 is 0 Å². The Hall–Kier alpha value is -4.46. The molecule has 0 aliphatic carbocycles. The van der Waals surface area contributed by atoms with Crippen molar-refractivity contribution in [3.8, 4) is 11.4 Å². The van der Waals surface area contributed by atoms with Gasteiger partial charge in [0.25, 0.3) is 0 Å². The Labute approximate surface area is 221 Å². The normalized spacial score (nSPS) is 12.2. The van der Waals surface area contributed by atoms with Crippen LogP contribution >= 0.6 is 0 Å². The zero-order valence-electron chi connectivity index (χ0n) is 21.6. The van der Waals surface area contributed by atoms with Gasteiger partial charge in [-0.25, -0.2) is 9.07 Å². The van der Waals surface area contributed by atoms with Gasteiger partial charge in [0.1, 0.15) is 30.7 Å². The number of halogens is 1. The standard InChI is InChI=1S/C30H30FN3O4/c1-21(33-38-19-24-9-13-26(31)14-10-24)29(30(35)36-3)17-23-11-15-28(16-12-23)37-20-25-18-32-34(22(25)2)27-7-5-4-6-8-27/h4-16,18,29H,17,19-20H2,1-3H3/b33-21+. The van der Waals surface area contributed by atoms with Gasteiger partial charge in [-0.15, -0.1) is 0 Å². The SMILES string of the molecule is COC(=O)C(Cc1ccc(OCc2cnn(-c3ccccc3)c2C)cc1)/C(C)=N/OCc1ccc(F)cc1. The smallest absolute Gasteiger partial charge is 0.314 e. The highest BCUT2D eigenvalue weighted by molar-refractivity contribution is 6.00. The summed E-state index contributed by atoms with van der Waals surface area (Å²) in [5, 5.41) is 8.59. The summed E-state index contributed by atoms with van der Waals surface area (Å²) in [5.41, 5.74) is 5.21. The molecule has 4 rings (SSSR count). The van der Waals surface area contributed by atoms with Gasteiger partial charge >= 0.3 is 5.97 Å². The average molecular weight is 516 g/mol. The van der Waals surface area contributed by atoms with Crippen LogP contribution in [0, 0.1) is 18.7 Å². The number of ether oxygens (including phenoxy) is 2. The van der Waals surface area contributed by atoms with E-state index in [0.29, 0.717) is 24.5 Å². The zero-order chi connectivity index (χ0) is 26.9. The number of rotatable bonds is 11. The maximum Gasteiger partial charge on any atom is 0.314 e. The summed E-state index contributed by atoms with van der Waals surface area (Å²) in [6, 6.07) is 23.5. The lowest BCUT2D eigenvalue weighted by Gasteiger charge is -2.15. The Balaban J connectivity index is 1.35. The van der Waals surface area contributed by atoms with Crippen molar-refractivity contribution in [1.29, 1.82) is 0 Å². The molecular formula is C30H30FN3O4. The fourth-order valence-electron chi connectivity index (χ4n) is 3.93. The first-order chi connectivity index (χ1) is 18.4. The molecule has 8 heteroatoms. The first-order valence-electron chi connectivity index (χ1n) is 12.2. The van der Waals surface area contributed by atoms with Crippen LogP contribution in [0.25, 0.3) is 5.69 Å². The minimum atomic E-state index is -0.605. The number of hydrogen-bond donors (Lipinski definition) is 0. The number of benzene rings is 3. The van der Waals surface area contributed by atoms with Crippen LogP contribution in [0.2, 0.25) is 0 Å². The monoisotopic (exact) mass is 515 g/mol. The molecule has 38 heavy (non-hydrogen) atoms. The lowest BCUT2D eigenvalue weighted by atomic mass is 9.95. The summed E-state index contributed by atoms with van der Waals surface area (Å²) >= 11 is 0. The van der Waals surface area contributed by atoms with Gasteiger partial charge in [0, 0.05) is 11.3 Å². The van der Waals surface area contributed by atoms with Gasteiger partial charge in [-0.05, 0) is 67.8 Å². The second-order valence-electron chi connectivity index (χ2n) is 8.85. The van der Waals surface area contributed by atoms with E-state index in [1.54, 1.807) is 19.1 Å². The van der Waals surface area contributed by atoms with Crippen LogP contribution < -0.4 is 4.74 Å². The largest absolute Gasteiger partial charge is 0.489 e. The molecule has 3 aromatic carbocycles. The van der Waals surface area contributed by atoms with E-state index in [-0.39, 0.29) is 12.4 Å².